The van der Waals surface area contributed by atoms with E-state index in [1.54, 1.807) is 23.9 Å². The SMILES string of the molecule is CC(C)Sc1ccc(C(=O)N[C@@H](Cc2ccc(-c3ncc(-c4ccc(C(C)(C)C)cc4)cn3)cc2)C(=O)O)cc1. The lowest BCUT2D eigenvalue weighted by molar-refractivity contribution is -0.139. The number of hydrogen-bond acceptors (Lipinski definition) is 5. The molecule has 4 aromatic rings. The fraction of sp³-hybridized carbons (Fsp3) is 0.273. The summed E-state index contributed by atoms with van der Waals surface area (Å²) in [7, 11) is 0. The van der Waals surface area contributed by atoms with E-state index in [4.69, 9.17) is 0 Å². The number of carbonyl (C=O) groups is 2. The van der Waals surface area contributed by atoms with Crippen molar-refractivity contribution in [2.45, 2.75) is 62.6 Å². The van der Waals surface area contributed by atoms with Crippen molar-refractivity contribution in [3.8, 4) is 22.5 Å². The lowest BCUT2D eigenvalue weighted by Gasteiger charge is -2.19. The third kappa shape index (κ3) is 7.57. The lowest BCUT2D eigenvalue weighted by atomic mass is 9.86. The van der Waals surface area contributed by atoms with Crippen molar-refractivity contribution in [3.63, 3.8) is 0 Å². The molecule has 0 bridgehead atoms. The number of aliphatic carboxylic acids is 1. The summed E-state index contributed by atoms with van der Waals surface area (Å²) in [6.07, 6.45) is 3.78. The first-order valence-corrected chi connectivity index (χ1v) is 14.2. The number of rotatable bonds is 9. The maximum atomic E-state index is 12.7. The van der Waals surface area contributed by atoms with Gasteiger partial charge in [0.25, 0.3) is 5.91 Å². The maximum Gasteiger partial charge on any atom is 0.326 e. The van der Waals surface area contributed by atoms with Crippen LogP contribution in [0.1, 0.15) is 56.1 Å². The molecule has 6 nitrogen and oxygen atoms in total. The zero-order valence-electron chi connectivity index (χ0n) is 23.5. The molecule has 4 rings (SSSR count). The molecule has 0 aliphatic heterocycles. The fourth-order valence-corrected chi connectivity index (χ4v) is 5.05. The summed E-state index contributed by atoms with van der Waals surface area (Å²) in [4.78, 5) is 34.8. The van der Waals surface area contributed by atoms with Gasteiger partial charge in [0.1, 0.15) is 6.04 Å². The molecule has 1 aromatic heterocycles. The first-order valence-electron chi connectivity index (χ1n) is 13.3. The van der Waals surface area contributed by atoms with Crippen molar-refractivity contribution >= 4 is 23.6 Å². The Bertz CT molecular complexity index is 1440. The zero-order valence-corrected chi connectivity index (χ0v) is 24.3. The molecule has 2 N–H and O–H groups in total. The van der Waals surface area contributed by atoms with Crippen LogP contribution in [0.4, 0.5) is 0 Å². The Morgan fingerprint density at radius 2 is 1.40 bits per heavy atom. The van der Waals surface area contributed by atoms with Crippen LogP contribution < -0.4 is 5.32 Å². The highest BCUT2D eigenvalue weighted by molar-refractivity contribution is 7.99. The number of benzene rings is 3. The number of hydrogen-bond donors (Lipinski definition) is 2. The number of carboxylic acid groups (broad SMARTS) is 1. The second-order valence-corrected chi connectivity index (χ2v) is 12.7. The summed E-state index contributed by atoms with van der Waals surface area (Å²) in [5.74, 6) is -0.908. The monoisotopic (exact) mass is 553 g/mol. The Morgan fingerprint density at radius 3 is 1.93 bits per heavy atom. The van der Waals surface area contributed by atoms with Gasteiger partial charge in [0.15, 0.2) is 5.82 Å². The number of amides is 1. The number of nitrogens with one attached hydrogen (secondary N) is 1. The number of nitrogens with zero attached hydrogens (tertiary/aromatic N) is 2. The summed E-state index contributed by atoms with van der Waals surface area (Å²) in [5.41, 5.74) is 5.41. The normalized spacial score (nSPS) is 12.2. The summed E-state index contributed by atoms with van der Waals surface area (Å²) in [6, 6.07) is 22.0. The van der Waals surface area contributed by atoms with Crippen molar-refractivity contribution in [3.05, 3.63) is 102 Å². The van der Waals surface area contributed by atoms with Gasteiger partial charge in [-0.3, -0.25) is 4.79 Å². The topological polar surface area (TPSA) is 92.2 Å². The van der Waals surface area contributed by atoms with E-state index in [0.717, 1.165) is 27.1 Å². The van der Waals surface area contributed by atoms with Crippen LogP contribution in [-0.2, 0) is 16.6 Å². The van der Waals surface area contributed by atoms with Gasteiger partial charge in [0.2, 0.25) is 0 Å². The van der Waals surface area contributed by atoms with E-state index in [9.17, 15) is 14.7 Å². The van der Waals surface area contributed by atoms with Gasteiger partial charge in [-0.15, -0.1) is 11.8 Å². The Labute approximate surface area is 240 Å². The Hall–Kier alpha value is -3.97. The van der Waals surface area contributed by atoms with Crippen molar-refractivity contribution in [1.82, 2.24) is 15.3 Å². The molecular formula is C33H35N3O3S. The summed E-state index contributed by atoms with van der Waals surface area (Å²) >= 11 is 1.70. The van der Waals surface area contributed by atoms with Crippen LogP contribution in [0.3, 0.4) is 0 Å². The van der Waals surface area contributed by atoms with Crippen molar-refractivity contribution in [2.75, 3.05) is 0 Å². The molecule has 0 spiro atoms. The molecule has 0 radical (unpaired) electrons. The average Bonchev–Trinajstić information content (AvgIpc) is 2.93. The minimum Gasteiger partial charge on any atom is -0.480 e. The molecule has 0 fully saturated rings. The van der Waals surface area contributed by atoms with E-state index >= 15 is 0 Å². The maximum absolute atomic E-state index is 12.7. The molecule has 3 aromatic carbocycles. The number of aromatic nitrogens is 2. The van der Waals surface area contributed by atoms with E-state index in [0.29, 0.717) is 16.6 Å². The fourth-order valence-electron chi connectivity index (χ4n) is 4.21. The van der Waals surface area contributed by atoms with E-state index in [2.05, 4.69) is 74.2 Å². The smallest absolute Gasteiger partial charge is 0.326 e. The molecule has 1 atom stereocenters. The second-order valence-electron chi connectivity index (χ2n) is 11.1. The Kier molecular flexibility index (Phi) is 9.05. The molecule has 0 aliphatic rings. The minimum atomic E-state index is -1.08. The predicted octanol–water partition coefficient (Wildman–Crippen LogP) is 7.03. The summed E-state index contributed by atoms with van der Waals surface area (Å²) in [5, 5.41) is 12.8. The van der Waals surface area contributed by atoms with E-state index in [1.165, 1.54) is 5.56 Å². The molecule has 1 heterocycles. The molecule has 0 saturated carbocycles. The van der Waals surface area contributed by atoms with Crippen LogP contribution >= 0.6 is 11.8 Å². The molecule has 0 saturated heterocycles. The van der Waals surface area contributed by atoms with E-state index < -0.39 is 17.9 Å². The number of thioether (sulfide) groups is 1. The highest BCUT2D eigenvalue weighted by Crippen LogP contribution is 2.27. The zero-order chi connectivity index (χ0) is 28.9. The molecule has 0 aliphatic carbocycles. The van der Waals surface area contributed by atoms with E-state index in [1.807, 2.05) is 48.8 Å². The molecule has 40 heavy (non-hydrogen) atoms. The standard InChI is InChI=1S/C33H35N3O3S/c1-21(2)40-28-16-12-25(13-17-28)31(37)36-29(32(38)39)18-22-6-8-24(9-7-22)30-34-19-26(20-35-30)23-10-14-27(15-11-23)33(3,4)5/h6-17,19-21,29H,18H2,1-5H3,(H,36,37)(H,38,39)/t29-/m0/s1. The van der Waals surface area contributed by atoms with Gasteiger partial charge in [-0.1, -0.05) is 83.1 Å². The van der Waals surface area contributed by atoms with Crippen molar-refractivity contribution in [2.24, 2.45) is 0 Å². The average molecular weight is 554 g/mol. The first-order chi connectivity index (χ1) is 19.0. The van der Waals surface area contributed by atoms with Gasteiger partial charge in [-0.05, 0) is 46.4 Å². The van der Waals surface area contributed by atoms with Gasteiger partial charge in [-0.25, -0.2) is 14.8 Å². The van der Waals surface area contributed by atoms with E-state index in [-0.39, 0.29) is 11.8 Å². The lowest BCUT2D eigenvalue weighted by Crippen LogP contribution is -2.42. The predicted molar refractivity (Wildman–Crippen MR) is 162 cm³/mol. The van der Waals surface area contributed by atoms with Gasteiger partial charge >= 0.3 is 5.97 Å². The number of carboxylic acids is 1. The van der Waals surface area contributed by atoms with Crippen molar-refractivity contribution < 1.29 is 14.7 Å². The van der Waals surface area contributed by atoms with Crippen molar-refractivity contribution in [1.29, 1.82) is 0 Å². The third-order valence-electron chi connectivity index (χ3n) is 6.48. The van der Waals surface area contributed by atoms with Crippen LogP contribution in [0, 0.1) is 0 Å². The van der Waals surface area contributed by atoms with Crippen LogP contribution in [0.15, 0.2) is 90.1 Å². The highest BCUT2D eigenvalue weighted by Gasteiger charge is 2.21. The van der Waals surface area contributed by atoms with Crippen LogP contribution in [-0.4, -0.2) is 38.2 Å². The molecule has 1 amide bonds. The summed E-state index contributed by atoms with van der Waals surface area (Å²) in [6.45, 7) is 10.8. The molecular weight excluding hydrogens is 518 g/mol. The first kappa shape index (κ1) is 29.0. The Balaban J connectivity index is 1.40. The van der Waals surface area contributed by atoms with Gasteiger partial charge in [0.05, 0.1) is 0 Å². The third-order valence-corrected chi connectivity index (χ3v) is 7.50. The Morgan fingerprint density at radius 1 is 0.825 bits per heavy atom. The number of carbonyl (C=O) groups excluding carboxylic acids is 1. The van der Waals surface area contributed by atoms with Gasteiger partial charge in [-0.2, -0.15) is 0 Å². The summed E-state index contributed by atoms with van der Waals surface area (Å²) < 4.78 is 0. The van der Waals surface area contributed by atoms with Crippen LogP contribution in [0.25, 0.3) is 22.5 Å². The molecule has 206 valence electrons. The van der Waals surface area contributed by atoms with Crippen LogP contribution in [0.5, 0.6) is 0 Å². The van der Waals surface area contributed by atoms with Gasteiger partial charge in [0, 0.05) is 45.7 Å². The van der Waals surface area contributed by atoms with Crippen LogP contribution in [0.2, 0.25) is 0 Å². The quantitative estimate of drug-likeness (QED) is 0.216. The molecule has 7 heteroatoms. The molecule has 0 unspecified atom stereocenters. The highest BCUT2D eigenvalue weighted by atomic mass is 32.2. The second kappa shape index (κ2) is 12.5. The minimum absolute atomic E-state index is 0.0970. The largest absolute Gasteiger partial charge is 0.480 e. The van der Waals surface area contributed by atoms with Gasteiger partial charge < -0.3 is 10.4 Å².